The molecule has 0 saturated carbocycles. The van der Waals surface area contributed by atoms with Gasteiger partial charge in [-0.25, -0.2) is 4.79 Å². The van der Waals surface area contributed by atoms with Gasteiger partial charge in [0, 0.05) is 17.0 Å². The summed E-state index contributed by atoms with van der Waals surface area (Å²) in [7, 11) is 3.05. The maximum absolute atomic E-state index is 13.1. The predicted molar refractivity (Wildman–Crippen MR) is 124 cm³/mol. The molecular formula is C25H21BrO7. The highest BCUT2D eigenvalue weighted by atomic mass is 79.9. The molecule has 1 N–H and O–H groups in total. The van der Waals surface area contributed by atoms with E-state index in [2.05, 4.69) is 15.9 Å². The Morgan fingerprint density at radius 3 is 2.45 bits per heavy atom. The smallest absolute Gasteiger partial charge is 0.343 e. The summed E-state index contributed by atoms with van der Waals surface area (Å²) in [6.45, 7) is -0.239. The van der Waals surface area contributed by atoms with E-state index in [-0.39, 0.29) is 30.1 Å². The molecule has 0 unspecified atom stereocenters. The number of Topliss-reactive ketones (excluding diaryl/α,β-unsaturated/α-hetero) is 1. The fourth-order valence-electron chi connectivity index (χ4n) is 3.60. The van der Waals surface area contributed by atoms with Crippen LogP contribution in [0.15, 0.2) is 65.1 Å². The fraction of sp³-hybridized carbons (Fsp3) is 0.200. The van der Waals surface area contributed by atoms with Crippen molar-refractivity contribution in [3.63, 3.8) is 0 Å². The third-order valence-electron chi connectivity index (χ3n) is 5.32. The number of halogens is 1. The van der Waals surface area contributed by atoms with Gasteiger partial charge in [0.1, 0.15) is 18.1 Å². The Morgan fingerprint density at radius 1 is 1.03 bits per heavy atom. The summed E-state index contributed by atoms with van der Waals surface area (Å²) in [6, 6.07) is 16.4. The van der Waals surface area contributed by atoms with Gasteiger partial charge in [-0.2, -0.15) is 0 Å². The molecule has 0 bridgehead atoms. The van der Waals surface area contributed by atoms with Gasteiger partial charge < -0.3 is 24.1 Å². The summed E-state index contributed by atoms with van der Waals surface area (Å²) in [4.78, 5) is 25.5. The Labute approximate surface area is 199 Å². The molecule has 0 saturated heterocycles. The first kappa shape index (κ1) is 22.8. The molecule has 0 fully saturated rings. The molecule has 8 heteroatoms. The number of esters is 1. The van der Waals surface area contributed by atoms with Crippen molar-refractivity contribution in [2.45, 2.75) is 12.0 Å². The van der Waals surface area contributed by atoms with Gasteiger partial charge in [-0.05, 0) is 54.1 Å². The topological polar surface area (TPSA) is 91.3 Å². The number of hydrogen-bond donors (Lipinski definition) is 1. The number of carbonyl (C=O) groups excluding carboxylic acids is 2. The number of carbonyl (C=O) groups is 2. The van der Waals surface area contributed by atoms with E-state index in [4.69, 9.17) is 18.9 Å². The van der Waals surface area contributed by atoms with Crippen molar-refractivity contribution in [1.29, 1.82) is 0 Å². The summed E-state index contributed by atoms with van der Waals surface area (Å²) in [5.41, 5.74) is -0.456. The van der Waals surface area contributed by atoms with Crippen molar-refractivity contribution in [3.8, 4) is 23.0 Å². The molecule has 1 atom stereocenters. The zero-order valence-corrected chi connectivity index (χ0v) is 19.5. The highest BCUT2D eigenvalue weighted by Gasteiger charge is 2.43. The van der Waals surface area contributed by atoms with Crippen molar-refractivity contribution in [3.05, 3.63) is 81.8 Å². The zero-order valence-electron chi connectivity index (χ0n) is 18.0. The number of ether oxygens (including phenoxy) is 4. The number of hydrogen-bond acceptors (Lipinski definition) is 7. The second kappa shape index (κ2) is 9.25. The van der Waals surface area contributed by atoms with Crippen LogP contribution in [0.25, 0.3) is 0 Å². The number of rotatable bonds is 6. The van der Waals surface area contributed by atoms with Gasteiger partial charge in [-0.1, -0.05) is 22.0 Å². The highest BCUT2D eigenvalue weighted by Crippen LogP contribution is 2.36. The minimum absolute atomic E-state index is 0.0337. The Kier molecular flexibility index (Phi) is 6.40. The van der Waals surface area contributed by atoms with E-state index in [0.717, 1.165) is 4.47 Å². The quantitative estimate of drug-likeness (QED) is 0.390. The molecule has 4 rings (SSSR count). The van der Waals surface area contributed by atoms with Gasteiger partial charge in [0.2, 0.25) is 5.78 Å². The molecular weight excluding hydrogens is 492 g/mol. The Hall–Kier alpha value is -3.36. The van der Waals surface area contributed by atoms with Gasteiger partial charge in [0.15, 0.2) is 17.1 Å². The van der Waals surface area contributed by atoms with Crippen LogP contribution in [0.1, 0.15) is 26.3 Å². The Morgan fingerprint density at radius 2 is 1.76 bits per heavy atom. The van der Waals surface area contributed by atoms with Crippen LogP contribution in [-0.2, 0) is 6.42 Å². The molecule has 170 valence electrons. The summed E-state index contributed by atoms with van der Waals surface area (Å²) in [5.74, 6) is 0.534. The van der Waals surface area contributed by atoms with Crippen LogP contribution in [0.4, 0.5) is 0 Å². The normalized spacial score (nSPS) is 17.0. The maximum Gasteiger partial charge on any atom is 0.343 e. The van der Waals surface area contributed by atoms with Crippen LogP contribution in [0.3, 0.4) is 0 Å². The summed E-state index contributed by atoms with van der Waals surface area (Å²) in [6.07, 6.45) is 0.0337. The van der Waals surface area contributed by atoms with Crippen molar-refractivity contribution in [2.75, 3.05) is 20.8 Å². The van der Waals surface area contributed by atoms with Crippen LogP contribution < -0.4 is 18.9 Å². The maximum atomic E-state index is 13.1. The summed E-state index contributed by atoms with van der Waals surface area (Å²) < 4.78 is 22.5. The minimum Gasteiger partial charge on any atom is -0.493 e. The Bertz CT molecular complexity index is 1210. The first-order valence-electron chi connectivity index (χ1n) is 10.1. The van der Waals surface area contributed by atoms with Crippen LogP contribution in [0.2, 0.25) is 0 Å². The predicted octanol–water partition coefficient (Wildman–Crippen LogP) is 4.23. The van der Waals surface area contributed by atoms with E-state index in [9.17, 15) is 14.7 Å². The van der Waals surface area contributed by atoms with Crippen molar-refractivity contribution in [2.24, 2.45) is 0 Å². The summed E-state index contributed by atoms with van der Waals surface area (Å²) in [5, 5.41) is 11.1. The third-order valence-corrected chi connectivity index (χ3v) is 5.85. The van der Waals surface area contributed by atoms with Crippen molar-refractivity contribution in [1.82, 2.24) is 0 Å². The highest BCUT2D eigenvalue weighted by molar-refractivity contribution is 9.10. The fourth-order valence-corrected chi connectivity index (χ4v) is 3.86. The SMILES string of the molecule is COc1ccc(C[C@@]2(O)COc3cc(OC(=O)c4ccc(Br)cc4)ccc3C2=O)cc1OC. The molecule has 3 aromatic rings. The second-order valence-corrected chi connectivity index (χ2v) is 8.49. The van der Waals surface area contributed by atoms with E-state index in [1.54, 1.807) is 42.5 Å². The molecule has 1 aliphatic rings. The Balaban J connectivity index is 1.52. The minimum atomic E-state index is -1.75. The lowest BCUT2D eigenvalue weighted by Crippen LogP contribution is -2.49. The zero-order chi connectivity index (χ0) is 23.6. The molecule has 0 amide bonds. The lowest BCUT2D eigenvalue weighted by molar-refractivity contribution is -0.00202. The van der Waals surface area contributed by atoms with E-state index >= 15 is 0 Å². The number of benzene rings is 3. The van der Waals surface area contributed by atoms with E-state index < -0.39 is 17.4 Å². The molecule has 33 heavy (non-hydrogen) atoms. The molecule has 1 heterocycles. The largest absolute Gasteiger partial charge is 0.493 e. The van der Waals surface area contributed by atoms with Gasteiger partial charge in [0.25, 0.3) is 0 Å². The number of methoxy groups -OCH3 is 2. The second-order valence-electron chi connectivity index (χ2n) is 7.57. The number of ketones is 1. The molecule has 1 aliphatic heterocycles. The average molecular weight is 513 g/mol. The van der Waals surface area contributed by atoms with Crippen LogP contribution >= 0.6 is 15.9 Å². The van der Waals surface area contributed by atoms with Gasteiger partial charge in [-0.15, -0.1) is 0 Å². The van der Waals surface area contributed by atoms with E-state index in [1.165, 1.54) is 32.4 Å². The number of aliphatic hydroxyl groups is 1. The first-order valence-corrected chi connectivity index (χ1v) is 10.8. The average Bonchev–Trinajstić information content (AvgIpc) is 2.82. The van der Waals surface area contributed by atoms with E-state index in [0.29, 0.717) is 22.6 Å². The first-order chi connectivity index (χ1) is 15.8. The van der Waals surface area contributed by atoms with Crippen molar-refractivity contribution < 1.29 is 33.6 Å². The monoisotopic (exact) mass is 512 g/mol. The molecule has 0 aliphatic carbocycles. The molecule has 0 radical (unpaired) electrons. The van der Waals surface area contributed by atoms with E-state index in [1.807, 2.05) is 0 Å². The number of fused-ring (bicyclic) bond motifs is 1. The standard InChI is InChI=1S/C25H21BrO7/c1-30-20-10-3-15(11-22(20)31-2)13-25(29)14-32-21-12-18(8-9-19(21)23(25)27)33-24(28)16-4-6-17(26)7-5-16/h3-12,29H,13-14H2,1-2H3/t25-/m1/s1. The van der Waals surface area contributed by atoms with Gasteiger partial charge in [0.05, 0.1) is 25.3 Å². The van der Waals surface area contributed by atoms with Crippen LogP contribution in [0, 0.1) is 0 Å². The third kappa shape index (κ3) is 4.72. The molecule has 0 spiro atoms. The van der Waals surface area contributed by atoms with Crippen molar-refractivity contribution >= 4 is 27.7 Å². The summed E-state index contributed by atoms with van der Waals surface area (Å²) >= 11 is 3.32. The molecule has 0 aromatic heterocycles. The lowest BCUT2D eigenvalue weighted by Gasteiger charge is -2.32. The lowest BCUT2D eigenvalue weighted by atomic mass is 9.85. The molecule has 3 aromatic carbocycles. The van der Waals surface area contributed by atoms with Crippen LogP contribution in [0.5, 0.6) is 23.0 Å². The van der Waals surface area contributed by atoms with Gasteiger partial charge in [-0.3, -0.25) is 4.79 Å². The van der Waals surface area contributed by atoms with Gasteiger partial charge >= 0.3 is 5.97 Å². The van der Waals surface area contributed by atoms with Crippen LogP contribution in [-0.4, -0.2) is 43.3 Å². The molecule has 7 nitrogen and oxygen atoms in total.